The second-order valence-corrected chi connectivity index (χ2v) is 8.07. The number of halogens is 12. The molecule has 0 bridgehead atoms. The van der Waals surface area contributed by atoms with E-state index in [0.717, 1.165) is 6.92 Å². The SMILES string of the molecule is CC1=NN(c2cc(C(F)(F)F)cc(C(F)(F)F)c2)C(O)C1C(O)c1cc(C(F)(F)F)cc(C(F)(F)F)c1. The maximum Gasteiger partial charge on any atom is 0.416 e. The summed E-state index contributed by atoms with van der Waals surface area (Å²) in [6.45, 7) is 1.02. The quantitative estimate of drug-likeness (QED) is 0.419. The van der Waals surface area contributed by atoms with Crippen LogP contribution in [-0.2, 0) is 24.7 Å². The van der Waals surface area contributed by atoms with E-state index in [9.17, 15) is 62.9 Å². The smallest absolute Gasteiger partial charge is 0.388 e. The number of aliphatic hydroxyl groups excluding tert-OH is 2. The molecule has 2 aromatic rings. The summed E-state index contributed by atoms with van der Waals surface area (Å²) in [5.74, 6) is -1.83. The lowest BCUT2D eigenvalue weighted by molar-refractivity contribution is -0.144. The average molecular weight is 554 g/mol. The lowest BCUT2D eigenvalue weighted by Gasteiger charge is -2.28. The highest BCUT2D eigenvalue weighted by Gasteiger charge is 2.44. The molecule has 204 valence electrons. The second-order valence-electron chi connectivity index (χ2n) is 8.07. The Kier molecular flexibility index (Phi) is 7.01. The van der Waals surface area contributed by atoms with Gasteiger partial charge in [0, 0.05) is 5.71 Å². The van der Waals surface area contributed by atoms with E-state index in [0.29, 0.717) is 0 Å². The Bertz CT molecular complexity index is 1130. The van der Waals surface area contributed by atoms with Crippen LogP contribution in [0, 0.1) is 5.92 Å². The maximum atomic E-state index is 13.2. The number of alkyl halides is 12. The molecule has 1 heterocycles. The van der Waals surface area contributed by atoms with Crippen molar-refractivity contribution in [2.24, 2.45) is 11.0 Å². The van der Waals surface area contributed by atoms with Crippen LogP contribution in [0.15, 0.2) is 41.5 Å². The molecule has 0 amide bonds. The third-order valence-electron chi connectivity index (χ3n) is 5.45. The van der Waals surface area contributed by atoms with Gasteiger partial charge in [0.15, 0.2) is 6.23 Å². The van der Waals surface area contributed by atoms with Crippen molar-refractivity contribution in [1.29, 1.82) is 0 Å². The summed E-state index contributed by atoms with van der Waals surface area (Å²) in [5.41, 5.74) is -9.42. The first-order valence-electron chi connectivity index (χ1n) is 9.90. The molecule has 0 radical (unpaired) electrons. The fraction of sp³-hybridized carbons (Fsp3) is 0.381. The number of hydrogen-bond donors (Lipinski definition) is 2. The van der Waals surface area contributed by atoms with Crippen LogP contribution < -0.4 is 5.01 Å². The molecule has 3 unspecified atom stereocenters. The number of anilines is 1. The van der Waals surface area contributed by atoms with E-state index in [1.807, 2.05) is 0 Å². The fourth-order valence-corrected chi connectivity index (χ4v) is 3.69. The highest BCUT2D eigenvalue weighted by Crippen LogP contribution is 2.43. The molecule has 16 heteroatoms. The summed E-state index contributed by atoms with van der Waals surface area (Å²) < 4.78 is 158. The average Bonchev–Trinajstić information content (AvgIpc) is 3.04. The standard InChI is InChI=1S/C21H14F12N2O2/c1-8-15(16(36)9-2-10(18(22,23)24)4-11(3-9)19(25,26)27)17(37)35(34-8)14-6-12(20(28,29)30)5-13(7-14)21(31,32)33/h2-7,15-17,36-37H,1H3. The van der Waals surface area contributed by atoms with E-state index in [-0.39, 0.29) is 41.4 Å². The van der Waals surface area contributed by atoms with Crippen LogP contribution in [0.2, 0.25) is 0 Å². The molecule has 1 aliphatic rings. The zero-order chi connectivity index (χ0) is 28.3. The molecular formula is C21H14F12N2O2. The molecule has 2 aromatic carbocycles. The molecule has 37 heavy (non-hydrogen) atoms. The zero-order valence-corrected chi connectivity index (χ0v) is 18.0. The predicted molar refractivity (Wildman–Crippen MR) is 103 cm³/mol. The Morgan fingerprint density at radius 2 is 1.03 bits per heavy atom. The Hall–Kier alpha value is -3.01. The van der Waals surface area contributed by atoms with Gasteiger partial charge in [-0.3, -0.25) is 0 Å². The Morgan fingerprint density at radius 3 is 1.38 bits per heavy atom. The van der Waals surface area contributed by atoms with Gasteiger partial charge in [-0.25, -0.2) is 5.01 Å². The van der Waals surface area contributed by atoms with Crippen molar-refractivity contribution in [2.45, 2.75) is 44.0 Å². The molecule has 0 aromatic heterocycles. The van der Waals surface area contributed by atoms with Gasteiger partial charge in [0.05, 0.1) is 40.0 Å². The first kappa shape index (κ1) is 28.6. The van der Waals surface area contributed by atoms with Gasteiger partial charge < -0.3 is 10.2 Å². The lowest BCUT2D eigenvalue weighted by Crippen LogP contribution is -2.36. The topological polar surface area (TPSA) is 56.1 Å². The van der Waals surface area contributed by atoms with Gasteiger partial charge in [-0.15, -0.1) is 0 Å². The van der Waals surface area contributed by atoms with Gasteiger partial charge in [-0.1, -0.05) is 0 Å². The number of hydrogen-bond acceptors (Lipinski definition) is 4. The first-order chi connectivity index (χ1) is 16.6. The van der Waals surface area contributed by atoms with Gasteiger partial charge in [0.2, 0.25) is 0 Å². The number of benzene rings is 2. The molecule has 0 saturated carbocycles. The minimum Gasteiger partial charge on any atom is -0.388 e. The van der Waals surface area contributed by atoms with E-state index in [2.05, 4.69) is 5.10 Å². The third kappa shape index (κ3) is 5.95. The highest BCUT2D eigenvalue weighted by molar-refractivity contribution is 5.89. The van der Waals surface area contributed by atoms with Crippen molar-refractivity contribution in [2.75, 3.05) is 5.01 Å². The van der Waals surface area contributed by atoms with Gasteiger partial charge in [0.25, 0.3) is 0 Å². The largest absolute Gasteiger partial charge is 0.416 e. The second kappa shape index (κ2) is 9.08. The molecule has 0 fully saturated rings. The van der Waals surface area contributed by atoms with E-state index in [1.54, 1.807) is 0 Å². The van der Waals surface area contributed by atoms with Crippen LogP contribution in [0.5, 0.6) is 0 Å². The number of hydrazone groups is 1. The number of nitrogens with zero attached hydrogens (tertiary/aromatic N) is 2. The molecule has 0 spiro atoms. The van der Waals surface area contributed by atoms with Gasteiger partial charge in [-0.05, 0) is 48.9 Å². The van der Waals surface area contributed by atoms with E-state index >= 15 is 0 Å². The maximum absolute atomic E-state index is 13.2. The third-order valence-corrected chi connectivity index (χ3v) is 5.45. The van der Waals surface area contributed by atoms with Crippen molar-refractivity contribution in [3.63, 3.8) is 0 Å². The minimum absolute atomic E-state index is 0.175. The van der Waals surface area contributed by atoms with E-state index < -0.39 is 82.2 Å². The Balaban J connectivity index is 2.07. The summed E-state index contributed by atoms with van der Waals surface area (Å²) in [4.78, 5) is 0. The summed E-state index contributed by atoms with van der Waals surface area (Å²) in [5, 5.41) is 25.1. The molecule has 3 atom stereocenters. The summed E-state index contributed by atoms with van der Waals surface area (Å²) in [7, 11) is 0. The van der Waals surface area contributed by atoms with Crippen molar-refractivity contribution in [1.82, 2.24) is 0 Å². The van der Waals surface area contributed by atoms with Crippen LogP contribution in [0.4, 0.5) is 58.4 Å². The molecule has 4 nitrogen and oxygen atoms in total. The first-order valence-corrected chi connectivity index (χ1v) is 9.90. The zero-order valence-electron chi connectivity index (χ0n) is 18.0. The van der Waals surface area contributed by atoms with Crippen molar-refractivity contribution in [3.05, 3.63) is 64.2 Å². The molecule has 0 aliphatic carbocycles. The van der Waals surface area contributed by atoms with Gasteiger partial charge in [0.1, 0.15) is 0 Å². The lowest BCUT2D eigenvalue weighted by atomic mass is 9.89. The van der Waals surface area contributed by atoms with Crippen molar-refractivity contribution in [3.8, 4) is 0 Å². The highest BCUT2D eigenvalue weighted by atomic mass is 19.4. The number of aliphatic hydroxyl groups is 2. The Morgan fingerprint density at radius 1 is 0.676 bits per heavy atom. The van der Waals surface area contributed by atoms with Gasteiger partial charge in [-0.2, -0.15) is 57.8 Å². The molecular weight excluding hydrogens is 540 g/mol. The van der Waals surface area contributed by atoms with Crippen LogP contribution in [0.25, 0.3) is 0 Å². The normalized spacial score (nSPS) is 20.3. The predicted octanol–water partition coefficient (Wildman–Crippen LogP) is 6.63. The molecule has 0 saturated heterocycles. The van der Waals surface area contributed by atoms with Gasteiger partial charge >= 0.3 is 24.7 Å². The van der Waals surface area contributed by atoms with Crippen LogP contribution in [0.1, 0.15) is 40.8 Å². The summed E-state index contributed by atoms with van der Waals surface area (Å²) in [6.07, 6.45) is -25.6. The molecule has 2 N–H and O–H groups in total. The molecule has 1 aliphatic heterocycles. The van der Waals surface area contributed by atoms with Crippen molar-refractivity contribution >= 4 is 11.4 Å². The van der Waals surface area contributed by atoms with Crippen LogP contribution in [-0.4, -0.2) is 22.2 Å². The number of rotatable bonds is 3. The molecule has 3 rings (SSSR count). The van der Waals surface area contributed by atoms with Crippen molar-refractivity contribution < 1.29 is 62.9 Å². The van der Waals surface area contributed by atoms with E-state index in [4.69, 9.17) is 0 Å². The van der Waals surface area contributed by atoms with Crippen LogP contribution in [0.3, 0.4) is 0 Å². The van der Waals surface area contributed by atoms with E-state index in [1.165, 1.54) is 0 Å². The fourth-order valence-electron chi connectivity index (χ4n) is 3.69. The Labute approximate surface area is 199 Å². The summed E-state index contributed by atoms with van der Waals surface area (Å²) >= 11 is 0. The minimum atomic E-state index is -5.27. The van der Waals surface area contributed by atoms with Crippen LogP contribution >= 0.6 is 0 Å². The summed E-state index contributed by atoms with van der Waals surface area (Å²) in [6, 6.07) is 0.348. The monoisotopic (exact) mass is 554 g/mol.